The number of ether oxygens (including phenoxy) is 1. The van der Waals surface area contributed by atoms with Crippen LogP contribution in [-0.2, 0) is 4.74 Å². The normalized spacial score (nSPS) is 22.5. The van der Waals surface area contributed by atoms with Gasteiger partial charge in [-0.1, -0.05) is 0 Å². The average molecular weight is 209 g/mol. The molecule has 1 saturated heterocycles. The van der Waals surface area contributed by atoms with E-state index in [4.69, 9.17) is 9.15 Å². The summed E-state index contributed by atoms with van der Waals surface area (Å²) in [7, 11) is 0. The molecule has 1 atom stereocenters. The lowest BCUT2D eigenvalue weighted by Gasteiger charge is -2.25. The summed E-state index contributed by atoms with van der Waals surface area (Å²) >= 11 is 0. The lowest BCUT2D eigenvalue weighted by Crippen LogP contribution is -2.34. The Morgan fingerprint density at radius 1 is 1.53 bits per heavy atom. The monoisotopic (exact) mass is 209 g/mol. The van der Waals surface area contributed by atoms with Crippen molar-refractivity contribution in [3.63, 3.8) is 0 Å². The number of anilines is 1. The van der Waals surface area contributed by atoms with Crippen LogP contribution < -0.4 is 4.90 Å². The van der Waals surface area contributed by atoms with Gasteiger partial charge in [-0.25, -0.2) is 0 Å². The maximum Gasteiger partial charge on any atom is 0.196 e. The second-order valence-corrected chi connectivity index (χ2v) is 3.76. The Balaban J connectivity index is 2.16. The van der Waals surface area contributed by atoms with Gasteiger partial charge in [-0.3, -0.25) is 4.79 Å². The molecule has 1 unspecified atom stereocenters. The van der Waals surface area contributed by atoms with Gasteiger partial charge in [0.1, 0.15) is 0 Å². The van der Waals surface area contributed by atoms with Crippen LogP contribution in [0.25, 0.3) is 0 Å². The molecule has 0 saturated carbocycles. The molecule has 1 aromatic rings. The molecule has 4 nitrogen and oxygen atoms in total. The van der Waals surface area contributed by atoms with E-state index in [1.54, 1.807) is 6.07 Å². The maximum atomic E-state index is 10.5. The summed E-state index contributed by atoms with van der Waals surface area (Å²) < 4.78 is 10.8. The Hall–Kier alpha value is -1.29. The number of furan rings is 1. The number of hydrogen-bond acceptors (Lipinski definition) is 4. The molecule has 2 rings (SSSR count). The van der Waals surface area contributed by atoms with Crippen LogP contribution in [0.4, 0.5) is 5.88 Å². The molecule has 0 radical (unpaired) electrons. The Morgan fingerprint density at radius 2 is 2.40 bits per heavy atom. The van der Waals surface area contributed by atoms with E-state index >= 15 is 0 Å². The fourth-order valence-electron chi connectivity index (χ4n) is 1.79. The molecule has 0 aliphatic carbocycles. The van der Waals surface area contributed by atoms with Gasteiger partial charge in [0.25, 0.3) is 0 Å². The zero-order valence-electron chi connectivity index (χ0n) is 8.81. The van der Waals surface area contributed by atoms with Crippen LogP contribution in [0.2, 0.25) is 0 Å². The Bertz CT molecular complexity index is 334. The molecule has 0 bridgehead atoms. The van der Waals surface area contributed by atoms with Gasteiger partial charge < -0.3 is 14.1 Å². The molecule has 82 valence electrons. The second-order valence-electron chi connectivity index (χ2n) is 3.76. The van der Waals surface area contributed by atoms with E-state index in [1.807, 2.05) is 6.07 Å². The van der Waals surface area contributed by atoms with E-state index in [0.717, 1.165) is 31.7 Å². The molecule has 1 aromatic heterocycles. The van der Waals surface area contributed by atoms with Gasteiger partial charge in [0.2, 0.25) is 0 Å². The topological polar surface area (TPSA) is 42.7 Å². The predicted octanol–water partition coefficient (Wildman–Crippen LogP) is 1.71. The van der Waals surface area contributed by atoms with E-state index in [2.05, 4.69) is 11.8 Å². The molecule has 0 spiro atoms. The van der Waals surface area contributed by atoms with Gasteiger partial charge >= 0.3 is 0 Å². The highest BCUT2D eigenvalue weighted by Crippen LogP contribution is 2.21. The molecule has 2 heterocycles. The average Bonchev–Trinajstić information content (AvgIpc) is 2.62. The fraction of sp³-hybridized carbons (Fsp3) is 0.545. The van der Waals surface area contributed by atoms with Crippen molar-refractivity contribution in [2.75, 3.05) is 24.7 Å². The third-order valence-electron chi connectivity index (χ3n) is 2.59. The lowest BCUT2D eigenvalue weighted by atomic mass is 10.3. The highest BCUT2D eigenvalue weighted by Gasteiger charge is 2.20. The molecular formula is C11H15NO3. The summed E-state index contributed by atoms with van der Waals surface area (Å²) in [5.41, 5.74) is 0. The minimum Gasteiger partial charge on any atom is -0.438 e. The van der Waals surface area contributed by atoms with Crippen LogP contribution in [0.3, 0.4) is 0 Å². The highest BCUT2D eigenvalue weighted by atomic mass is 16.5. The van der Waals surface area contributed by atoms with Crippen LogP contribution in [0, 0.1) is 0 Å². The summed E-state index contributed by atoms with van der Waals surface area (Å²) in [6.07, 6.45) is 1.71. The van der Waals surface area contributed by atoms with E-state index in [1.165, 1.54) is 0 Å². The number of rotatable bonds is 2. The van der Waals surface area contributed by atoms with Crippen molar-refractivity contribution in [3.8, 4) is 0 Å². The molecule has 0 amide bonds. The molecule has 15 heavy (non-hydrogen) atoms. The minimum atomic E-state index is 0.290. The zero-order chi connectivity index (χ0) is 10.7. The molecule has 4 heteroatoms. The largest absolute Gasteiger partial charge is 0.438 e. The standard InChI is InChI=1S/C11H15NO3/c1-9-8-14-6-2-5-12(9)11-4-3-10(7-13)15-11/h3-4,7,9H,2,5-6,8H2,1H3. The number of hydrogen-bond donors (Lipinski definition) is 0. The Kier molecular flexibility index (Phi) is 3.06. The van der Waals surface area contributed by atoms with Gasteiger partial charge in [-0.15, -0.1) is 0 Å². The molecule has 1 aliphatic heterocycles. The van der Waals surface area contributed by atoms with E-state index in [9.17, 15) is 4.79 Å². The molecule has 1 fully saturated rings. The van der Waals surface area contributed by atoms with Crippen LogP contribution in [0.1, 0.15) is 23.9 Å². The summed E-state index contributed by atoms with van der Waals surface area (Å²) in [6.45, 7) is 4.50. The van der Waals surface area contributed by atoms with E-state index < -0.39 is 0 Å². The molecule has 0 N–H and O–H groups in total. The Morgan fingerprint density at radius 3 is 3.13 bits per heavy atom. The van der Waals surface area contributed by atoms with Gasteiger partial charge in [-0.05, 0) is 19.4 Å². The summed E-state index contributed by atoms with van der Waals surface area (Å²) in [5.74, 6) is 1.14. The number of nitrogens with zero attached hydrogens (tertiary/aromatic N) is 1. The van der Waals surface area contributed by atoms with Gasteiger partial charge in [0, 0.05) is 19.2 Å². The SMILES string of the molecule is CC1COCCCN1c1ccc(C=O)o1. The summed E-state index contributed by atoms with van der Waals surface area (Å²) in [5, 5.41) is 0. The van der Waals surface area contributed by atoms with Gasteiger partial charge in [0.05, 0.1) is 12.6 Å². The summed E-state index contributed by atoms with van der Waals surface area (Å²) in [4.78, 5) is 12.7. The minimum absolute atomic E-state index is 0.290. The quantitative estimate of drug-likeness (QED) is 0.695. The van der Waals surface area contributed by atoms with Crippen LogP contribution in [-0.4, -0.2) is 32.1 Å². The first-order chi connectivity index (χ1) is 7.31. The summed E-state index contributed by atoms with van der Waals surface area (Å²) in [6, 6.07) is 3.82. The predicted molar refractivity (Wildman–Crippen MR) is 56.3 cm³/mol. The smallest absolute Gasteiger partial charge is 0.196 e. The lowest BCUT2D eigenvalue weighted by molar-refractivity contribution is 0.110. The molecule has 0 aromatic carbocycles. The number of aldehydes is 1. The third kappa shape index (κ3) is 2.21. The molecule has 1 aliphatic rings. The van der Waals surface area contributed by atoms with Crippen molar-refractivity contribution < 1.29 is 13.9 Å². The van der Waals surface area contributed by atoms with Crippen LogP contribution in [0.15, 0.2) is 16.5 Å². The second kappa shape index (κ2) is 4.49. The van der Waals surface area contributed by atoms with Crippen molar-refractivity contribution in [3.05, 3.63) is 17.9 Å². The van der Waals surface area contributed by atoms with Crippen molar-refractivity contribution in [2.45, 2.75) is 19.4 Å². The molecular weight excluding hydrogens is 194 g/mol. The van der Waals surface area contributed by atoms with Crippen molar-refractivity contribution in [2.24, 2.45) is 0 Å². The van der Waals surface area contributed by atoms with Crippen molar-refractivity contribution in [1.29, 1.82) is 0 Å². The Labute approximate surface area is 88.8 Å². The van der Waals surface area contributed by atoms with Crippen molar-refractivity contribution in [1.82, 2.24) is 0 Å². The van der Waals surface area contributed by atoms with E-state index in [-0.39, 0.29) is 6.04 Å². The first-order valence-corrected chi connectivity index (χ1v) is 5.20. The van der Waals surface area contributed by atoms with Gasteiger partial charge in [-0.2, -0.15) is 0 Å². The third-order valence-corrected chi connectivity index (χ3v) is 2.59. The van der Waals surface area contributed by atoms with Crippen LogP contribution in [0.5, 0.6) is 0 Å². The maximum absolute atomic E-state index is 10.5. The first kappa shape index (κ1) is 10.2. The number of carbonyl (C=O) groups is 1. The van der Waals surface area contributed by atoms with E-state index in [0.29, 0.717) is 12.4 Å². The van der Waals surface area contributed by atoms with Crippen LogP contribution >= 0.6 is 0 Å². The highest BCUT2D eigenvalue weighted by molar-refractivity contribution is 5.71. The first-order valence-electron chi connectivity index (χ1n) is 5.20. The zero-order valence-corrected chi connectivity index (χ0v) is 8.81. The fourth-order valence-corrected chi connectivity index (χ4v) is 1.79. The van der Waals surface area contributed by atoms with Gasteiger partial charge in [0.15, 0.2) is 17.9 Å². The number of carbonyl (C=O) groups excluding carboxylic acids is 1. The van der Waals surface area contributed by atoms with Crippen molar-refractivity contribution >= 4 is 12.2 Å².